The second kappa shape index (κ2) is 17.0. The van der Waals surface area contributed by atoms with Crippen LogP contribution in [0.25, 0.3) is 6.08 Å². The van der Waals surface area contributed by atoms with E-state index in [2.05, 4.69) is 32.1 Å². The minimum atomic E-state index is -2.94. The van der Waals surface area contributed by atoms with E-state index in [1.807, 2.05) is 9.16 Å². The van der Waals surface area contributed by atoms with Crippen molar-refractivity contribution in [2.75, 3.05) is 0 Å². The molecule has 160 valence electrons. The van der Waals surface area contributed by atoms with Crippen LogP contribution in [0.1, 0.15) is 84.1 Å². The second-order valence-electron chi connectivity index (χ2n) is 7.00. The first-order valence-electron chi connectivity index (χ1n) is 10.4. The molecule has 0 radical (unpaired) electrons. The Bertz CT molecular complexity index is 575. The fourth-order valence-electron chi connectivity index (χ4n) is 2.82. The van der Waals surface area contributed by atoms with Crippen LogP contribution in [-0.2, 0) is 0 Å². The van der Waals surface area contributed by atoms with Gasteiger partial charge in [0, 0.05) is 6.07 Å². The quantitative estimate of drug-likeness (QED) is 0.272. The molecule has 28 heavy (non-hydrogen) atoms. The number of unbranched alkanes of at least 4 members (excludes halogenated alkanes) is 3. The average Bonchev–Trinajstić information content (AvgIpc) is 2.65. The molecule has 0 N–H and O–H groups in total. The zero-order valence-corrected chi connectivity index (χ0v) is 23.7. The number of halogens is 3. The molecule has 1 nitrogen and oxygen atoms in total. The zero-order chi connectivity index (χ0) is 21.4. The van der Waals surface area contributed by atoms with Gasteiger partial charge in [-0.2, -0.15) is 8.78 Å². The van der Waals surface area contributed by atoms with Crippen molar-refractivity contribution in [3.8, 4) is 5.75 Å². The molecule has 1 aromatic rings. The Morgan fingerprint density at radius 2 is 1.54 bits per heavy atom. The third-order valence-electron chi connectivity index (χ3n) is 4.53. The van der Waals surface area contributed by atoms with Crippen LogP contribution in [0.5, 0.6) is 5.75 Å². The molecule has 0 atom stereocenters. The standard InChI is InChI=1S/C14H27.C9H7F3O.Sn.3H/c1-4-7-10-13-14(11-8-5-2)12-9-6-3;1-2-6-3-7(10)5-8(4-6)13-9(11)12;;;;/h4-12H2,1-3H3;2-5,9H,1H2;;;;. The molecule has 0 aliphatic carbocycles. The molecule has 0 unspecified atom stereocenters. The monoisotopic (exact) mass is 506 g/mol. The molecule has 1 rings (SSSR count). The molecule has 0 aliphatic rings. The van der Waals surface area contributed by atoms with Crippen molar-refractivity contribution in [1.29, 1.82) is 0 Å². The van der Waals surface area contributed by atoms with Crippen LogP contribution >= 0.6 is 0 Å². The first kappa shape index (κ1) is 27.1. The van der Waals surface area contributed by atoms with Gasteiger partial charge in [0.15, 0.2) is 0 Å². The summed E-state index contributed by atoms with van der Waals surface area (Å²) in [5.41, 5.74) is 2.26. The Hall–Kier alpha value is -0.911. The van der Waals surface area contributed by atoms with Crippen LogP contribution < -0.4 is 4.74 Å². The topological polar surface area (TPSA) is 9.23 Å². The van der Waals surface area contributed by atoms with E-state index in [4.69, 9.17) is 0 Å². The van der Waals surface area contributed by atoms with E-state index >= 15 is 0 Å². The molecule has 0 bridgehead atoms. The van der Waals surface area contributed by atoms with Crippen molar-refractivity contribution in [3.63, 3.8) is 0 Å². The number of rotatable bonds is 12. The van der Waals surface area contributed by atoms with Gasteiger partial charge in [-0.25, -0.2) is 4.39 Å². The van der Waals surface area contributed by atoms with E-state index in [1.165, 1.54) is 76.0 Å². The van der Waals surface area contributed by atoms with Gasteiger partial charge in [0.05, 0.1) is 0 Å². The Morgan fingerprint density at radius 1 is 1.00 bits per heavy atom. The Balaban J connectivity index is 0.000000525. The van der Waals surface area contributed by atoms with Gasteiger partial charge in [-0.05, 0) is 17.7 Å². The molecule has 0 saturated heterocycles. The summed E-state index contributed by atoms with van der Waals surface area (Å²) in [6.45, 7) is 7.36. The van der Waals surface area contributed by atoms with Crippen molar-refractivity contribution in [1.82, 2.24) is 0 Å². The molecule has 0 amide bonds. The molecule has 5 heteroatoms. The normalized spacial score (nSPS) is 10.4. The van der Waals surface area contributed by atoms with Crippen molar-refractivity contribution in [2.45, 2.75) is 85.2 Å². The van der Waals surface area contributed by atoms with Crippen LogP contribution in [0.2, 0.25) is 0 Å². The van der Waals surface area contributed by atoms with E-state index in [9.17, 15) is 13.2 Å². The summed E-state index contributed by atoms with van der Waals surface area (Å²) >= 11 is 0.758. The van der Waals surface area contributed by atoms with Gasteiger partial charge in [-0.3, -0.25) is 0 Å². The fraction of sp³-hybridized carbons (Fsp3) is 0.565. The summed E-state index contributed by atoms with van der Waals surface area (Å²) in [6.07, 6.45) is 13.9. The molecule has 0 aliphatic heterocycles. The van der Waals surface area contributed by atoms with Gasteiger partial charge >= 0.3 is 117 Å². The first-order chi connectivity index (χ1) is 13.4. The van der Waals surface area contributed by atoms with Crippen LogP contribution in [0.3, 0.4) is 0 Å². The molecule has 0 spiro atoms. The van der Waals surface area contributed by atoms with E-state index in [-0.39, 0.29) is 5.75 Å². The third-order valence-corrected chi connectivity index (χ3v) is 7.97. The van der Waals surface area contributed by atoms with Crippen molar-refractivity contribution >= 4 is 28.6 Å². The molecule has 0 aromatic heterocycles. The van der Waals surface area contributed by atoms with Gasteiger partial charge in [-0.15, -0.1) is 0 Å². The number of ether oxygens (including phenoxy) is 1. The maximum absolute atomic E-state index is 12.7. The van der Waals surface area contributed by atoms with Gasteiger partial charge < -0.3 is 4.74 Å². The Morgan fingerprint density at radius 3 is 2.00 bits per heavy atom. The summed E-state index contributed by atoms with van der Waals surface area (Å²) in [5.74, 6) is -0.835. The summed E-state index contributed by atoms with van der Waals surface area (Å²) < 4.78 is 42.0. The SMILES string of the molecule is C=Cc1cc(F)cc(OC(F)F)c1.CCCC[C]([SnH3])=C(CCCC)CCCC. The number of hydrogen-bond acceptors (Lipinski definition) is 1. The Labute approximate surface area is 182 Å². The number of alkyl halides is 2. The van der Waals surface area contributed by atoms with Crippen molar-refractivity contribution < 1.29 is 17.9 Å². The summed E-state index contributed by atoms with van der Waals surface area (Å²) in [7, 11) is 0. The molecule has 0 fully saturated rings. The van der Waals surface area contributed by atoms with E-state index in [0.717, 1.165) is 28.6 Å². The predicted molar refractivity (Wildman–Crippen MR) is 119 cm³/mol. The second-order valence-corrected chi connectivity index (χ2v) is 10.4. The number of hydrogen-bond donors (Lipinski definition) is 0. The average molecular weight is 505 g/mol. The van der Waals surface area contributed by atoms with Crippen molar-refractivity contribution in [2.24, 2.45) is 0 Å². The zero-order valence-electron chi connectivity index (χ0n) is 18.0. The van der Waals surface area contributed by atoms with E-state index in [0.29, 0.717) is 5.56 Å². The number of allylic oxidation sites excluding steroid dienone is 2. The summed E-state index contributed by atoms with van der Waals surface area (Å²) in [4.78, 5) is 0. The van der Waals surface area contributed by atoms with Gasteiger partial charge in [0.25, 0.3) is 0 Å². The molecule has 1 aromatic carbocycles. The van der Waals surface area contributed by atoms with Gasteiger partial charge in [0.1, 0.15) is 11.6 Å². The van der Waals surface area contributed by atoms with Crippen LogP contribution in [0.4, 0.5) is 13.2 Å². The van der Waals surface area contributed by atoms with Gasteiger partial charge in [0.2, 0.25) is 0 Å². The summed E-state index contributed by atoms with van der Waals surface area (Å²) in [6, 6.07) is 3.34. The van der Waals surface area contributed by atoms with Gasteiger partial charge in [-0.1, -0.05) is 12.7 Å². The molecular weight excluding hydrogens is 468 g/mol. The maximum atomic E-state index is 12.7. The van der Waals surface area contributed by atoms with Crippen LogP contribution in [-0.4, -0.2) is 29.1 Å². The van der Waals surface area contributed by atoms with Crippen molar-refractivity contribution in [3.05, 3.63) is 45.3 Å². The Kier molecular flexibility index (Phi) is 16.4. The molecule has 0 saturated carbocycles. The first-order valence-corrected chi connectivity index (χ1v) is 13.3. The minimum absolute atomic E-state index is 0.204. The predicted octanol–water partition coefficient (Wildman–Crippen LogP) is 7.25. The fourth-order valence-corrected chi connectivity index (χ4v) is 5.26. The van der Waals surface area contributed by atoms with Crippen LogP contribution in [0.15, 0.2) is 33.9 Å². The van der Waals surface area contributed by atoms with E-state index in [1.54, 1.807) is 0 Å². The molecular formula is C23H37F3OSn. The number of benzene rings is 1. The van der Waals surface area contributed by atoms with E-state index < -0.39 is 12.4 Å². The summed E-state index contributed by atoms with van der Waals surface area (Å²) in [5, 5.41) is 0. The molecule has 0 heterocycles. The van der Waals surface area contributed by atoms with Crippen LogP contribution in [0, 0.1) is 5.82 Å². The third kappa shape index (κ3) is 13.3.